The Labute approximate surface area is 177 Å². The van der Waals surface area contributed by atoms with Crippen LogP contribution in [0.25, 0.3) is 0 Å². The van der Waals surface area contributed by atoms with Gasteiger partial charge in [0.15, 0.2) is 11.8 Å². The molecule has 0 bridgehead atoms. The Bertz CT molecular complexity index is 710. The molecule has 1 aromatic carbocycles. The standard InChI is InChI=1S/C24H40N2O3/c1-11-12-13-25-21(27)29-20-18(22(2,3)4)14-17(15-19(20)23(5,6)7)16-26(28)24(8,9)10/h14-16H,11-13H2,1-10H3,(H,25,27)/b26-16+. The summed E-state index contributed by atoms with van der Waals surface area (Å²) in [7, 11) is 0. The molecule has 1 aromatic rings. The fourth-order valence-electron chi connectivity index (χ4n) is 2.77. The van der Waals surface area contributed by atoms with Crippen LogP contribution >= 0.6 is 0 Å². The zero-order valence-electron chi connectivity index (χ0n) is 20.0. The lowest BCUT2D eigenvalue weighted by Gasteiger charge is -2.29. The Hall–Kier alpha value is -2.04. The average molecular weight is 405 g/mol. The third kappa shape index (κ3) is 7.37. The monoisotopic (exact) mass is 404 g/mol. The van der Waals surface area contributed by atoms with Gasteiger partial charge in [-0.15, -0.1) is 0 Å². The van der Waals surface area contributed by atoms with Crippen LogP contribution in [0.5, 0.6) is 5.75 Å². The summed E-state index contributed by atoms with van der Waals surface area (Å²) in [6, 6.07) is 3.92. The number of carbonyl (C=O) groups is 1. The Morgan fingerprint density at radius 3 is 1.90 bits per heavy atom. The van der Waals surface area contributed by atoms with Crippen molar-refractivity contribution in [2.75, 3.05) is 6.54 Å². The Morgan fingerprint density at radius 1 is 1.03 bits per heavy atom. The number of carbonyl (C=O) groups excluding carboxylic acids is 1. The SMILES string of the molecule is CCCCNC(=O)Oc1c(C(C)(C)C)cc(/C=[N+](/[O-])C(C)(C)C)cc1C(C)(C)C. The third-order valence-electron chi connectivity index (χ3n) is 4.65. The number of rotatable bonds is 5. The second kappa shape index (κ2) is 9.19. The van der Waals surface area contributed by atoms with E-state index in [0.717, 1.165) is 34.3 Å². The minimum Gasteiger partial charge on any atom is -0.623 e. The average Bonchev–Trinajstić information content (AvgIpc) is 2.53. The van der Waals surface area contributed by atoms with Gasteiger partial charge in [0.05, 0.1) is 0 Å². The summed E-state index contributed by atoms with van der Waals surface area (Å²) in [5, 5.41) is 15.4. The molecule has 0 aliphatic rings. The van der Waals surface area contributed by atoms with Crippen molar-refractivity contribution in [3.05, 3.63) is 34.0 Å². The van der Waals surface area contributed by atoms with Crippen LogP contribution in [-0.4, -0.2) is 29.1 Å². The van der Waals surface area contributed by atoms with Crippen molar-refractivity contribution in [1.82, 2.24) is 5.32 Å². The summed E-state index contributed by atoms with van der Waals surface area (Å²) in [6.45, 7) is 20.8. The molecule has 0 radical (unpaired) electrons. The first kappa shape index (κ1) is 25.0. The van der Waals surface area contributed by atoms with Gasteiger partial charge in [-0.2, -0.15) is 0 Å². The van der Waals surface area contributed by atoms with Gasteiger partial charge in [-0.05, 0) is 29.4 Å². The van der Waals surface area contributed by atoms with Gasteiger partial charge < -0.3 is 15.3 Å². The van der Waals surface area contributed by atoms with Crippen LogP contribution in [0.15, 0.2) is 12.1 Å². The summed E-state index contributed by atoms with van der Waals surface area (Å²) in [4.78, 5) is 12.4. The maximum atomic E-state index is 12.5. The van der Waals surface area contributed by atoms with Crippen molar-refractivity contribution in [3.8, 4) is 5.75 Å². The molecule has 0 aliphatic heterocycles. The topological polar surface area (TPSA) is 64.4 Å². The van der Waals surface area contributed by atoms with Gasteiger partial charge >= 0.3 is 6.09 Å². The Kier molecular flexibility index (Phi) is 7.92. The Balaban J connectivity index is 3.59. The quantitative estimate of drug-likeness (QED) is 0.218. The highest BCUT2D eigenvalue weighted by Crippen LogP contribution is 2.40. The van der Waals surface area contributed by atoms with Gasteiger partial charge in [-0.1, -0.05) is 54.9 Å². The summed E-state index contributed by atoms with van der Waals surface area (Å²) < 4.78 is 6.82. The van der Waals surface area contributed by atoms with Crippen molar-refractivity contribution in [2.24, 2.45) is 0 Å². The molecule has 0 atom stereocenters. The maximum absolute atomic E-state index is 12.5. The highest BCUT2D eigenvalue weighted by molar-refractivity contribution is 5.79. The lowest BCUT2D eigenvalue weighted by Crippen LogP contribution is -2.31. The van der Waals surface area contributed by atoms with Crippen molar-refractivity contribution < 1.29 is 14.3 Å². The minimum absolute atomic E-state index is 0.266. The van der Waals surface area contributed by atoms with E-state index in [1.807, 2.05) is 32.9 Å². The maximum Gasteiger partial charge on any atom is 0.412 e. The molecule has 0 unspecified atom stereocenters. The molecule has 0 fully saturated rings. The predicted molar refractivity (Wildman–Crippen MR) is 121 cm³/mol. The number of hydrogen-bond donors (Lipinski definition) is 1. The van der Waals surface area contributed by atoms with Crippen LogP contribution in [0, 0.1) is 5.21 Å². The Morgan fingerprint density at radius 2 is 1.52 bits per heavy atom. The third-order valence-corrected chi connectivity index (χ3v) is 4.65. The second-order valence-electron chi connectivity index (χ2n) is 10.7. The van der Waals surface area contributed by atoms with Crippen LogP contribution in [-0.2, 0) is 10.8 Å². The van der Waals surface area contributed by atoms with E-state index in [9.17, 15) is 10.0 Å². The fraction of sp³-hybridized carbons (Fsp3) is 0.667. The fourth-order valence-corrected chi connectivity index (χ4v) is 2.77. The molecule has 5 heteroatoms. The number of nitrogens with zero attached hydrogens (tertiary/aromatic N) is 1. The largest absolute Gasteiger partial charge is 0.623 e. The lowest BCUT2D eigenvalue weighted by molar-refractivity contribution is -0.530. The number of hydroxylamine groups is 1. The highest BCUT2D eigenvalue weighted by Gasteiger charge is 2.30. The first-order valence-electron chi connectivity index (χ1n) is 10.5. The van der Waals surface area contributed by atoms with Gasteiger partial charge in [-0.25, -0.2) is 9.53 Å². The van der Waals surface area contributed by atoms with Gasteiger partial charge in [0.2, 0.25) is 0 Å². The van der Waals surface area contributed by atoms with E-state index in [0.29, 0.717) is 12.3 Å². The molecule has 164 valence electrons. The molecule has 0 aromatic heterocycles. The van der Waals surface area contributed by atoms with Crippen molar-refractivity contribution in [3.63, 3.8) is 0 Å². The molecule has 1 rings (SSSR count). The van der Waals surface area contributed by atoms with Crippen LogP contribution in [0.4, 0.5) is 4.79 Å². The minimum atomic E-state index is -0.530. The van der Waals surface area contributed by atoms with Gasteiger partial charge in [-0.3, -0.25) is 0 Å². The normalized spacial score (nSPS) is 13.4. The molecule has 0 spiro atoms. The molecule has 1 amide bonds. The second-order valence-corrected chi connectivity index (χ2v) is 10.7. The van der Waals surface area contributed by atoms with E-state index >= 15 is 0 Å². The van der Waals surface area contributed by atoms with Crippen LogP contribution < -0.4 is 10.1 Å². The zero-order chi connectivity index (χ0) is 22.6. The zero-order valence-corrected chi connectivity index (χ0v) is 20.0. The molecule has 0 saturated carbocycles. The predicted octanol–water partition coefficient (Wildman–Crippen LogP) is 5.90. The smallest absolute Gasteiger partial charge is 0.412 e. The molecular formula is C24H40N2O3. The van der Waals surface area contributed by atoms with E-state index in [4.69, 9.17) is 4.74 Å². The summed E-state index contributed by atoms with van der Waals surface area (Å²) in [6.07, 6.45) is 3.10. The van der Waals surface area contributed by atoms with Crippen molar-refractivity contribution in [2.45, 2.75) is 98.4 Å². The molecule has 1 N–H and O–H groups in total. The summed E-state index contributed by atoms with van der Waals surface area (Å²) in [5.74, 6) is 0.587. The molecule has 0 saturated heterocycles. The van der Waals surface area contributed by atoms with Crippen LogP contribution in [0.3, 0.4) is 0 Å². The molecule has 29 heavy (non-hydrogen) atoms. The van der Waals surface area contributed by atoms with E-state index in [1.54, 1.807) is 6.21 Å². The van der Waals surface area contributed by atoms with Crippen LogP contribution in [0.2, 0.25) is 0 Å². The van der Waals surface area contributed by atoms with Gasteiger partial charge in [0.25, 0.3) is 0 Å². The number of unbranched alkanes of at least 4 members (excludes halogenated alkanes) is 1. The number of nitrogens with one attached hydrogen (secondary N) is 1. The number of benzene rings is 1. The summed E-state index contributed by atoms with van der Waals surface area (Å²) in [5.41, 5.74) is 1.56. The number of hydrogen-bond acceptors (Lipinski definition) is 3. The van der Waals surface area contributed by atoms with Gasteiger partial charge in [0, 0.05) is 44.0 Å². The highest BCUT2D eigenvalue weighted by atomic mass is 16.6. The number of ether oxygens (including phenoxy) is 1. The lowest BCUT2D eigenvalue weighted by atomic mass is 9.78. The van der Waals surface area contributed by atoms with Gasteiger partial charge in [0.1, 0.15) is 5.75 Å². The van der Waals surface area contributed by atoms with Crippen LogP contribution in [0.1, 0.15) is 98.8 Å². The molecule has 0 aliphatic carbocycles. The number of amides is 1. The summed E-state index contributed by atoms with van der Waals surface area (Å²) >= 11 is 0. The van der Waals surface area contributed by atoms with Crippen molar-refractivity contribution in [1.29, 1.82) is 0 Å². The first-order valence-corrected chi connectivity index (χ1v) is 10.5. The first-order chi connectivity index (χ1) is 13.1. The van der Waals surface area contributed by atoms with E-state index in [2.05, 4.69) is 53.8 Å². The molecule has 5 nitrogen and oxygen atoms in total. The van der Waals surface area contributed by atoms with Crippen molar-refractivity contribution >= 4 is 12.3 Å². The van der Waals surface area contributed by atoms with E-state index in [-0.39, 0.29) is 10.8 Å². The molecule has 0 heterocycles. The van der Waals surface area contributed by atoms with E-state index in [1.165, 1.54) is 0 Å². The van der Waals surface area contributed by atoms with E-state index < -0.39 is 11.6 Å². The molecular weight excluding hydrogens is 364 g/mol.